The molecule has 2 heteroatoms. The summed E-state index contributed by atoms with van der Waals surface area (Å²) < 4.78 is 5.24. The van der Waals surface area contributed by atoms with E-state index >= 15 is 0 Å². The van der Waals surface area contributed by atoms with Gasteiger partial charge in [0.25, 0.3) is 0 Å². The van der Waals surface area contributed by atoms with E-state index in [4.69, 9.17) is 4.74 Å². The van der Waals surface area contributed by atoms with Crippen molar-refractivity contribution in [2.24, 2.45) is 0 Å². The van der Waals surface area contributed by atoms with Crippen LogP contribution in [0.4, 0.5) is 0 Å². The van der Waals surface area contributed by atoms with Crippen molar-refractivity contribution in [3.05, 3.63) is 54.6 Å². The summed E-state index contributed by atoms with van der Waals surface area (Å²) in [5, 5.41) is 1.39. The Balaban J connectivity index is 1.81. The molecule has 0 aliphatic carbocycles. The van der Waals surface area contributed by atoms with Crippen molar-refractivity contribution in [2.75, 3.05) is 6.61 Å². The molecule has 2 atom stereocenters. The van der Waals surface area contributed by atoms with Gasteiger partial charge in [-0.2, -0.15) is 0 Å². The summed E-state index contributed by atoms with van der Waals surface area (Å²) in [4.78, 5) is 0. The van der Waals surface area contributed by atoms with Gasteiger partial charge in [0.15, 0.2) is 0 Å². The number of benzene rings is 2. The minimum absolute atomic E-state index is 0.502. The van der Waals surface area contributed by atoms with Gasteiger partial charge in [-0.15, -0.1) is 0 Å². The Kier molecular flexibility index (Phi) is 2.73. The van der Waals surface area contributed by atoms with E-state index in [1.807, 2.05) is 6.07 Å². The maximum atomic E-state index is 5.24. The summed E-state index contributed by atoms with van der Waals surface area (Å²) in [6.45, 7) is 0.943. The first-order valence-electron chi connectivity index (χ1n) is 5.45. The number of rotatable bonds is 3. The van der Waals surface area contributed by atoms with Crippen LogP contribution < -0.4 is 5.30 Å². The van der Waals surface area contributed by atoms with Gasteiger partial charge >= 0.3 is 0 Å². The van der Waals surface area contributed by atoms with Gasteiger partial charge in [-0.25, -0.2) is 0 Å². The van der Waals surface area contributed by atoms with E-state index in [1.54, 1.807) is 0 Å². The van der Waals surface area contributed by atoms with Crippen molar-refractivity contribution in [3.63, 3.8) is 0 Å². The Hall–Kier alpha value is -1.17. The van der Waals surface area contributed by atoms with Crippen molar-refractivity contribution in [3.8, 4) is 11.1 Å². The molecule has 1 unspecified atom stereocenters. The third-order valence-corrected chi connectivity index (χ3v) is 3.97. The molecule has 2 aromatic rings. The summed E-state index contributed by atoms with van der Waals surface area (Å²) >= 11 is 0. The van der Waals surface area contributed by atoms with Crippen LogP contribution in [0.25, 0.3) is 11.1 Å². The van der Waals surface area contributed by atoms with Gasteiger partial charge in [0.2, 0.25) is 0 Å². The lowest BCUT2D eigenvalue weighted by atomic mass is 10.1. The maximum absolute atomic E-state index is 5.24. The normalized spacial score (nSPS) is 19.1. The standard InChI is InChI=1S/C14H13OP/c1-2-4-11(5-3-1)12-6-8-13(9-7-12)16-14-10-15-14/h1-9,14,16H,10H2/t14-/m1/s1. The van der Waals surface area contributed by atoms with E-state index < -0.39 is 0 Å². The van der Waals surface area contributed by atoms with Gasteiger partial charge in [-0.1, -0.05) is 63.2 Å². The molecule has 0 aromatic heterocycles. The fourth-order valence-electron chi connectivity index (χ4n) is 1.71. The molecule has 0 amide bonds. The molecule has 1 aliphatic rings. The van der Waals surface area contributed by atoms with Gasteiger partial charge in [0.1, 0.15) is 5.85 Å². The van der Waals surface area contributed by atoms with E-state index in [2.05, 4.69) is 48.5 Å². The molecule has 1 heterocycles. The van der Waals surface area contributed by atoms with Crippen molar-refractivity contribution < 1.29 is 4.74 Å². The lowest BCUT2D eigenvalue weighted by molar-refractivity contribution is 0.459. The van der Waals surface area contributed by atoms with Crippen LogP contribution in [0.15, 0.2) is 54.6 Å². The molecule has 16 heavy (non-hydrogen) atoms. The highest BCUT2D eigenvalue weighted by Gasteiger charge is 2.22. The minimum Gasteiger partial charge on any atom is -0.368 e. The summed E-state index contributed by atoms with van der Waals surface area (Å²) in [5.74, 6) is 0.502. The topological polar surface area (TPSA) is 12.5 Å². The van der Waals surface area contributed by atoms with Crippen LogP contribution in [0, 0.1) is 0 Å². The first-order chi connectivity index (χ1) is 7.92. The summed E-state index contributed by atoms with van der Waals surface area (Å²) in [5.41, 5.74) is 2.56. The van der Waals surface area contributed by atoms with Gasteiger partial charge in [0.05, 0.1) is 6.61 Å². The maximum Gasteiger partial charge on any atom is 0.101 e. The lowest BCUT2D eigenvalue weighted by Gasteiger charge is -2.03. The monoisotopic (exact) mass is 228 g/mol. The van der Waals surface area contributed by atoms with Gasteiger partial charge in [-0.05, 0) is 16.4 Å². The van der Waals surface area contributed by atoms with Crippen LogP contribution in [0.5, 0.6) is 0 Å². The fourth-order valence-corrected chi connectivity index (χ4v) is 2.70. The van der Waals surface area contributed by atoms with Gasteiger partial charge < -0.3 is 4.74 Å². The van der Waals surface area contributed by atoms with E-state index in [0.29, 0.717) is 5.85 Å². The van der Waals surface area contributed by atoms with Crippen LogP contribution in [-0.2, 0) is 4.74 Å². The van der Waals surface area contributed by atoms with Crippen molar-refractivity contribution >= 4 is 13.9 Å². The second-order valence-corrected chi connectivity index (χ2v) is 5.42. The second-order valence-electron chi connectivity index (χ2n) is 3.91. The Morgan fingerprint density at radius 3 is 2.12 bits per heavy atom. The lowest BCUT2D eigenvalue weighted by Crippen LogP contribution is -1.94. The predicted molar refractivity (Wildman–Crippen MR) is 69.6 cm³/mol. The zero-order valence-electron chi connectivity index (χ0n) is 8.89. The molecule has 0 bridgehead atoms. The molecular formula is C14H13OP. The Labute approximate surface area is 97.2 Å². The van der Waals surface area contributed by atoms with Crippen LogP contribution >= 0.6 is 8.58 Å². The van der Waals surface area contributed by atoms with E-state index in [9.17, 15) is 0 Å². The summed E-state index contributed by atoms with van der Waals surface area (Å²) in [7, 11) is 0.804. The SMILES string of the molecule is c1ccc(-c2ccc(P[C@@H]3CO3)cc2)cc1. The van der Waals surface area contributed by atoms with Crippen LogP contribution in [0.2, 0.25) is 0 Å². The zero-order valence-corrected chi connectivity index (χ0v) is 9.89. The second kappa shape index (κ2) is 4.37. The summed E-state index contributed by atoms with van der Waals surface area (Å²) in [6.07, 6.45) is 0. The minimum atomic E-state index is 0.502. The third kappa shape index (κ3) is 2.32. The molecular weight excluding hydrogens is 215 g/mol. The molecule has 3 rings (SSSR count). The molecule has 0 radical (unpaired) electrons. The van der Waals surface area contributed by atoms with Crippen molar-refractivity contribution in [1.29, 1.82) is 0 Å². The molecule has 1 aliphatic heterocycles. The molecule has 1 fully saturated rings. The molecule has 0 spiro atoms. The summed E-state index contributed by atoms with van der Waals surface area (Å²) in [6, 6.07) is 19.3. The molecule has 80 valence electrons. The van der Waals surface area contributed by atoms with Crippen LogP contribution in [0.1, 0.15) is 0 Å². The highest BCUT2D eigenvalue weighted by Crippen LogP contribution is 2.30. The number of hydrogen-bond donors (Lipinski definition) is 0. The molecule has 1 saturated heterocycles. The van der Waals surface area contributed by atoms with Crippen molar-refractivity contribution in [2.45, 2.75) is 5.85 Å². The average molecular weight is 228 g/mol. The Morgan fingerprint density at radius 1 is 0.875 bits per heavy atom. The number of epoxide rings is 1. The fraction of sp³-hybridized carbons (Fsp3) is 0.143. The molecule has 1 nitrogen and oxygen atoms in total. The quantitative estimate of drug-likeness (QED) is 0.581. The Bertz CT molecular complexity index is 460. The van der Waals surface area contributed by atoms with Gasteiger partial charge in [-0.3, -0.25) is 0 Å². The van der Waals surface area contributed by atoms with Crippen molar-refractivity contribution in [1.82, 2.24) is 0 Å². The predicted octanol–water partition coefficient (Wildman–Crippen LogP) is 3.01. The first-order valence-corrected chi connectivity index (χ1v) is 6.53. The smallest absolute Gasteiger partial charge is 0.101 e. The zero-order chi connectivity index (χ0) is 10.8. The average Bonchev–Trinajstić information content (AvgIpc) is 3.15. The van der Waals surface area contributed by atoms with Crippen LogP contribution in [-0.4, -0.2) is 12.5 Å². The van der Waals surface area contributed by atoms with E-state index in [-0.39, 0.29) is 0 Å². The molecule has 0 saturated carbocycles. The molecule has 2 aromatic carbocycles. The highest BCUT2D eigenvalue weighted by atomic mass is 31.1. The van der Waals surface area contributed by atoms with E-state index in [0.717, 1.165) is 15.2 Å². The van der Waals surface area contributed by atoms with E-state index in [1.165, 1.54) is 16.4 Å². The highest BCUT2D eigenvalue weighted by molar-refractivity contribution is 7.48. The largest absolute Gasteiger partial charge is 0.368 e. The third-order valence-electron chi connectivity index (χ3n) is 2.65. The first kappa shape index (κ1) is 10.0. The molecule has 0 N–H and O–H groups in total. The number of hydrogen-bond acceptors (Lipinski definition) is 1. The Morgan fingerprint density at radius 2 is 1.50 bits per heavy atom. The van der Waals surface area contributed by atoms with Crippen LogP contribution in [0.3, 0.4) is 0 Å². The van der Waals surface area contributed by atoms with Gasteiger partial charge in [0, 0.05) is 0 Å². The number of ether oxygens (including phenoxy) is 1.